The molecule has 0 spiro atoms. The maximum atomic E-state index is 12.2. The molecule has 0 aliphatic carbocycles. The van der Waals surface area contributed by atoms with Crippen LogP contribution >= 0.6 is 11.6 Å². The van der Waals surface area contributed by atoms with Crippen LogP contribution < -0.4 is 14.8 Å². The summed E-state index contributed by atoms with van der Waals surface area (Å²) in [4.78, 5) is 20.1. The number of amides is 1. The van der Waals surface area contributed by atoms with Gasteiger partial charge in [0.1, 0.15) is 12.1 Å². The first kappa shape index (κ1) is 17.8. The minimum absolute atomic E-state index is 0.0502. The smallest absolute Gasteiger partial charge is 0.387 e. The predicted octanol–water partition coefficient (Wildman–Crippen LogP) is 3.90. The molecule has 3 aromatic rings. The molecule has 0 atom stereocenters. The molecular weight excluding hydrogens is 368 g/mol. The number of hydrogen-bond donors (Lipinski definition) is 1. The van der Waals surface area contributed by atoms with Gasteiger partial charge in [-0.05, 0) is 30.3 Å². The van der Waals surface area contributed by atoms with Gasteiger partial charge in [0.05, 0.1) is 15.9 Å². The van der Waals surface area contributed by atoms with Crippen LogP contribution in [0.25, 0.3) is 10.9 Å². The van der Waals surface area contributed by atoms with Crippen molar-refractivity contribution in [3.8, 4) is 11.6 Å². The second-order valence-electron chi connectivity index (χ2n) is 5.06. The van der Waals surface area contributed by atoms with Gasteiger partial charge in [-0.15, -0.1) is 0 Å². The number of carbonyl (C=O) groups excluding carboxylic acids is 1. The Kier molecular flexibility index (Phi) is 5.43. The van der Waals surface area contributed by atoms with E-state index in [1.807, 2.05) is 12.1 Å². The van der Waals surface area contributed by atoms with E-state index in [2.05, 4.69) is 20.0 Å². The molecule has 1 aromatic heterocycles. The van der Waals surface area contributed by atoms with E-state index in [0.29, 0.717) is 16.6 Å². The monoisotopic (exact) mass is 379 g/mol. The van der Waals surface area contributed by atoms with Gasteiger partial charge in [-0.2, -0.15) is 8.78 Å². The second kappa shape index (κ2) is 7.92. The van der Waals surface area contributed by atoms with E-state index in [1.165, 1.54) is 24.5 Å². The fourth-order valence-corrected chi connectivity index (χ4v) is 2.42. The average molecular weight is 380 g/mol. The Balaban J connectivity index is 1.63. The molecule has 0 bridgehead atoms. The first-order chi connectivity index (χ1) is 12.5. The van der Waals surface area contributed by atoms with Gasteiger partial charge in [0.2, 0.25) is 5.88 Å². The fourth-order valence-electron chi connectivity index (χ4n) is 2.20. The van der Waals surface area contributed by atoms with Crippen LogP contribution in [0.5, 0.6) is 11.6 Å². The van der Waals surface area contributed by atoms with Crippen LogP contribution in [-0.4, -0.2) is 29.1 Å². The van der Waals surface area contributed by atoms with Gasteiger partial charge in [-0.1, -0.05) is 23.7 Å². The summed E-state index contributed by atoms with van der Waals surface area (Å²) in [6, 6.07) is 11.2. The van der Waals surface area contributed by atoms with Crippen molar-refractivity contribution in [1.29, 1.82) is 0 Å². The van der Waals surface area contributed by atoms with Crippen molar-refractivity contribution in [2.45, 2.75) is 6.61 Å². The van der Waals surface area contributed by atoms with Crippen LogP contribution in [0, 0.1) is 0 Å². The van der Waals surface area contributed by atoms with E-state index in [4.69, 9.17) is 16.3 Å². The number of ether oxygens (including phenoxy) is 2. The Morgan fingerprint density at radius 2 is 2.00 bits per heavy atom. The molecular formula is C17H12ClF2N3O3. The van der Waals surface area contributed by atoms with Crippen molar-refractivity contribution in [2.24, 2.45) is 0 Å². The van der Waals surface area contributed by atoms with Crippen LogP contribution in [0.1, 0.15) is 0 Å². The summed E-state index contributed by atoms with van der Waals surface area (Å²) in [5, 5.41) is 3.18. The molecule has 134 valence electrons. The van der Waals surface area contributed by atoms with Crippen LogP contribution in [0.15, 0.2) is 48.8 Å². The zero-order valence-electron chi connectivity index (χ0n) is 13.2. The summed E-state index contributed by atoms with van der Waals surface area (Å²) in [7, 11) is 0. The number of halogens is 3. The highest BCUT2D eigenvalue weighted by Gasteiger charge is 2.11. The van der Waals surface area contributed by atoms with Gasteiger partial charge in [0, 0.05) is 5.69 Å². The molecule has 1 heterocycles. The third-order valence-electron chi connectivity index (χ3n) is 3.28. The number of fused-ring (bicyclic) bond motifs is 1. The zero-order chi connectivity index (χ0) is 18.5. The molecule has 0 saturated carbocycles. The normalized spacial score (nSPS) is 10.8. The first-order valence-electron chi connectivity index (χ1n) is 7.39. The second-order valence-corrected chi connectivity index (χ2v) is 5.46. The molecule has 0 radical (unpaired) electrons. The number of nitrogens with zero attached hydrogens (tertiary/aromatic N) is 2. The topological polar surface area (TPSA) is 73.3 Å². The lowest BCUT2D eigenvalue weighted by Gasteiger charge is -2.10. The van der Waals surface area contributed by atoms with E-state index < -0.39 is 12.5 Å². The molecule has 1 N–H and O–H groups in total. The van der Waals surface area contributed by atoms with Crippen molar-refractivity contribution >= 4 is 34.1 Å². The third-order valence-corrected chi connectivity index (χ3v) is 3.57. The van der Waals surface area contributed by atoms with E-state index in [-0.39, 0.29) is 23.3 Å². The zero-order valence-corrected chi connectivity index (χ0v) is 13.9. The highest BCUT2D eigenvalue weighted by Crippen LogP contribution is 2.29. The number of aromatic nitrogens is 2. The molecule has 3 rings (SSSR count). The highest BCUT2D eigenvalue weighted by molar-refractivity contribution is 6.32. The minimum atomic E-state index is -2.98. The van der Waals surface area contributed by atoms with Gasteiger partial charge in [-0.25, -0.2) is 9.97 Å². The molecule has 2 aromatic carbocycles. The first-order valence-corrected chi connectivity index (χ1v) is 7.77. The number of carbonyl (C=O) groups is 1. The van der Waals surface area contributed by atoms with Crippen LogP contribution in [0.2, 0.25) is 5.02 Å². The van der Waals surface area contributed by atoms with Crippen molar-refractivity contribution in [3.63, 3.8) is 0 Å². The number of anilines is 1. The standard InChI is InChI=1S/C17H12ClF2N3O3/c18-12-7-10(5-6-14(12)26-17(19)20)23-15(24)8-25-16-11-3-1-2-4-13(11)21-9-22-16/h1-7,9,17H,8H2,(H,23,24). The molecule has 6 nitrogen and oxygen atoms in total. The summed E-state index contributed by atoms with van der Waals surface area (Å²) >= 11 is 5.84. The number of benzene rings is 2. The summed E-state index contributed by atoms with van der Waals surface area (Å²) < 4.78 is 34.1. The van der Waals surface area contributed by atoms with E-state index in [9.17, 15) is 13.6 Å². The molecule has 0 aliphatic rings. The van der Waals surface area contributed by atoms with Gasteiger partial charge in [-0.3, -0.25) is 4.79 Å². The summed E-state index contributed by atoms with van der Waals surface area (Å²) in [5.74, 6) is -0.362. The highest BCUT2D eigenvalue weighted by atomic mass is 35.5. The number of rotatable bonds is 6. The predicted molar refractivity (Wildman–Crippen MR) is 91.7 cm³/mol. The number of hydrogen-bond acceptors (Lipinski definition) is 5. The van der Waals surface area contributed by atoms with E-state index >= 15 is 0 Å². The largest absolute Gasteiger partial charge is 0.467 e. The summed E-state index contributed by atoms with van der Waals surface area (Å²) in [6.45, 7) is -3.28. The van der Waals surface area contributed by atoms with Crippen LogP contribution in [0.3, 0.4) is 0 Å². The number of alkyl halides is 2. The third kappa shape index (κ3) is 4.34. The molecule has 9 heteroatoms. The van der Waals surface area contributed by atoms with Crippen LogP contribution in [0.4, 0.5) is 14.5 Å². The lowest BCUT2D eigenvalue weighted by molar-refractivity contribution is -0.118. The summed E-state index contributed by atoms with van der Waals surface area (Å²) in [6.07, 6.45) is 1.34. The Bertz CT molecular complexity index is 935. The number of nitrogens with one attached hydrogen (secondary N) is 1. The van der Waals surface area contributed by atoms with Gasteiger partial charge in [0.25, 0.3) is 5.91 Å². The molecule has 0 aliphatic heterocycles. The Morgan fingerprint density at radius 3 is 2.77 bits per heavy atom. The van der Waals surface area contributed by atoms with Crippen molar-refractivity contribution in [3.05, 3.63) is 53.8 Å². The fraction of sp³-hybridized carbons (Fsp3) is 0.118. The molecule has 0 saturated heterocycles. The van der Waals surface area contributed by atoms with Crippen LogP contribution in [-0.2, 0) is 4.79 Å². The van der Waals surface area contributed by atoms with E-state index in [1.54, 1.807) is 12.1 Å². The summed E-state index contributed by atoms with van der Waals surface area (Å²) in [5.41, 5.74) is 1.01. The Labute approximate surface area is 151 Å². The Morgan fingerprint density at radius 1 is 1.19 bits per heavy atom. The Hall–Kier alpha value is -3.00. The maximum absolute atomic E-state index is 12.2. The lowest BCUT2D eigenvalue weighted by atomic mass is 10.2. The lowest BCUT2D eigenvalue weighted by Crippen LogP contribution is -2.20. The SMILES string of the molecule is O=C(COc1ncnc2ccccc12)Nc1ccc(OC(F)F)c(Cl)c1. The van der Waals surface area contributed by atoms with Gasteiger partial charge < -0.3 is 14.8 Å². The quantitative estimate of drug-likeness (QED) is 0.703. The maximum Gasteiger partial charge on any atom is 0.387 e. The average Bonchev–Trinajstić information content (AvgIpc) is 2.62. The minimum Gasteiger partial charge on any atom is -0.467 e. The molecule has 1 amide bonds. The number of para-hydroxylation sites is 1. The van der Waals surface area contributed by atoms with E-state index in [0.717, 1.165) is 0 Å². The van der Waals surface area contributed by atoms with Crippen molar-refractivity contribution in [1.82, 2.24) is 9.97 Å². The molecule has 0 unspecified atom stereocenters. The van der Waals surface area contributed by atoms with Gasteiger partial charge in [0.15, 0.2) is 6.61 Å². The molecule has 0 fully saturated rings. The molecule has 26 heavy (non-hydrogen) atoms. The van der Waals surface area contributed by atoms with Gasteiger partial charge >= 0.3 is 6.61 Å². The van der Waals surface area contributed by atoms with Crippen molar-refractivity contribution in [2.75, 3.05) is 11.9 Å². The van der Waals surface area contributed by atoms with Crippen molar-refractivity contribution < 1.29 is 23.0 Å².